The van der Waals surface area contributed by atoms with Crippen LogP contribution in [0.5, 0.6) is 0 Å². The van der Waals surface area contributed by atoms with Crippen molar-refractivity contribution in [1.29, 1.82) is 0 Å². The van der Waals surface area contributed by atoms with Crippen molar-refractivity contribution in [3.8, 4) is 0 Å². The molecule has 17 heavy (non-hydrogen) atoms. The topological polar surface area (TPSA) is 48.1 Å². The van der Waals surface area contributed by atoms with Crippen LogP contribution in [0.1, 0.15) is 48.5 Å². The SMILES string of the molecule is CC(C)NC(C)C(N[SiH3])(NC(C)C)NC(C)C. The summed E-state index contributed by atoms with van der Waals surface area (Å²) in [5, 5.41) is 10.8. The van der Waals surface area contributed by atoms with E-state index in [-0.39, 0.29) is 5.79 Å². The van der Waals surface area contributed by atoms with Crippen molar-refractivity contribution >= 4 is 10.4 Å². The van der Waals surface area contributed by atoms with Crippen LogP contribution in [0.4, 0.5) is 0 Å². The molecule has 0 aromatic heterocycles. The molecule has 0 aliphatic rings. The summed E-state index contributed by atoms with van der Waals surface area (Å²) < 4.78 is 0. The maximum atomic E-state index is 3.63. The summed E-state index contributed by atoms with van der Waals surface area (Å²) in [5.74, 6) is -0.223. The number of rotatable bonds is 8. The van der Waals surface area contributed by atoms with Crippen LogP contribution in [0.15, 0.2) is 0 Å². The quantitative estimate of drug-likeness (QED) is 0.363. The highest BCUT2D eigenvalue weighted by molar-refractivity contribution is 6.04. The molecule has 0 saturated carbocycles. The Balaban J connectivity index is 4.88. The summed E-state index contributed by atoms with van der Waals surface area (Å²) in [6.45, 7) is 15.3. The molecule has 1 atom stereocenters. The molecule has 0 amide bonds. The van der Waals surface area contributed by atoms with Gasteiger partial charge in [-0.2, -0.15) is 0 Å². The van der Waals surface area contributed by atoms with Crippen LogP contribution in [0.2, 0.25) is 0 Å². The zero-order valence-corrected chi connectivity index (χ0v) is 14.8. The van der Waals surface area contributed by atoms with E-state index >= 15 is 0 Å². The van der Waals surface area contributed by atoms with E-state index in [0.717, 1.165) is 10.4 Å². The molecule has 0 rings (SSSR count). The van der Waals surface area contributed by atoms with E-state index in [4.69, 9.17) is 0 Å². The molecule has 0 aromatic carbocycles. The highest BCUT2D eigenvalue weighted by Gasteiger charge is 2.35. The second-order valence-electron chi connectivity index (χ2n) is 5.70. The van der Waals surface area contributed by atoms with Crippen molar-refractivity contribution in [3.05, 3.63) is 0 Å². The lowest BCUT2D eigenvalue weighted by Crippen LogP contribution is -2.77. The Hall–Kier alpha value is 0.0569. The first-order valence-electron chi connectivity index (χ1n) is 6.73. The summed E-state index contributed by atoms with van der Waals surface area (Å²) >= 11 is 0. The Labute approximate surface area is 110 Å². The van der Waals surface area contributed by atoms with Crippen molar-refractivity contribution in [2.24, 2.45) is 0 Å². The van der Waals surface area contributed by atoms with Gasteiger partial charge in [0.05, 0.1) is 10.4 Å². The maximum absolute atomic E-state index is 3.63. The van der Waals surface area contributed by atoms with Gasteiger partial charge < -0.3 is 10.3 Å². The zero-order chi connectivity index (χ0) is 13.6. The minimum atomic E-state index is -0.223. The van der Waals surface area contributed by atoms with E-state index < -0.39 is 0 Å². The molecule has 0 radical (unpaired) electrons. The standard InChI is InChI=1S/C12H32N4Si/c1-8(2)13-11(7)12(16-17,14-9(3)4)15-10(5)6/h8-11,13-16H,1-7,17H3. The molecule has 0 aliphatic carbocycles. The molecular formula is C12H32N4Si. The van der Waals surface area contributed by atoms with Crippen molar-refractivity contribution < 1.29 is 0 Å². The summed E-state index contributed by atoms with van der Waals surface area (Å²) in [7, 11) is 0.940. The molecular weight excluding hydrogens is 228 g/mol. The molecule has 5 heteroatoms. The zero-order valence-electron chi connectivity index (χ0n) is 12.8. The van der Waals surface area contributed by atoms with Gasteiger partial charge in [-0.15, -0.1) is 0 Å². The van der Waals surface area contributed by atoms with Crippen molar-refractivity contribution in [2.45, 2.75) is 78.4 Å². The van der Waals surface area contributed by atoms with E-state index in [9.17, 15) is 0 Å². The molecule has 4 nitrogen and oxygen atoms in total. The normalized spacial score (nSPS) is 15.2. The summed E-state index contributed by atoms with van der Waals surface area (Å²) in [4.78, 5) is 3.54. The average molecular weight is 261 g/mol. The first-order chi connectivity index (χ1) is 7.73. The van der Waals surface area contributed by atoms with Gasteiger partial charge in [0.2, 0.25) is 0 Å². The van der Waals surface area contributed by atoms with Crippen LogP contribution in [0.25, 0.3) is 0 Å². The van der Waals surface area contributed by atoms with Gasteiger partial charge in [0.25, 0.3) is 0 Å². The molecule has 0 fully saturated rings. The second-order valence-corrected chi connectivity index (χ2v) is 6.20. The first kappa shape index (κ1) is 17.1. The third-order valence-electron chi connectivity index (χ3n) is 2.66. The van der Waals surface area contributed by atoms with Gasteiger partial charge in [-0.05, 0) is 34.6 Å². The largest absolute Gasteiger partial charge is 0.316 e. The average Bonchev–Trinajstić information content (AvgIpc) is 2.13. The molecule has 104 valence electrons. The summed E-state index contributed by atoms with van der Waals surface area (Å²) in [5.41, 5.74) is 0. The molecule has 4 N–H and O–H groups in total. The highest BCUT2D eigenvalue weighted by Crippen LogP contribution is 2.07. The Bertz CT molecular complexity index is 197. The maximum Gasteiger partial charge on any atom is 0.132 e. The van der Waals surface area contributed by atoms with Gasteiger partial charge >= 0.3 is 0 Å². The van der Waals surface area contributed by atoms with Crippen molar-refractivity contribution in [1.82, 2.24) is 20.9 Å². The van der Waals surface area contributed by atoms with Gasteiger partial charge in [0, 0.05) is 24.2 Å². The van der Waals surface area contributed by atoms with E-state index in [1.165, 1.54) is 0 Å². The molecule has 0 heterocycles. The van der Waals surface area contributed by atoms with Gasteiger partial charge in [-0.1, -0.05) is 13.8 Å². The third-order valence-corrected chi connectivity index (χ3v) is 3.45. The van der Waals surface area contributed by atoms with Gasteiger partial charge in [-0.3, -0.25) is 10.6 Å². The Kier molecular flexibility index (Phi) is 7.51. The Morgan fingerprint density at radius 2 is 1.18 bits per heavy atom. The molecule has 0 spiro atoms. The van der Waals surface area contributed by atoms with Gasteiger partial charge in [0.1, 0.15) is 5.79 Å². The monoisotopic (exact) mass is 260 g/mol. The van der Waals surface area contributed by atoms with Crippen LogP contribution >= 0.6 is 0 Å². The number of nitrogens with one attached hydrogen (secondary N) is 4. The summed E-state index contributed by atoms with van der Waals surface area (Å²) in [6.07, 6.45) is 0. The molecule has 0 aliphatic heterocycles. The number of hydrogen-bond donors (Lipinski definition) is 4. The first-order valence-corrected chi connectivity index (χ1v) is 7.73. The van der Waals surface area contributed by atoms with Crippen molar-refractivity contribution in [2.75, 3.05) is 0 Å². The molecule has 0 bridgehead atoms. The second kappa shape index (κ2) is 7.48. The number of hydrogen-bond acceptors (Lipinski definition) is 4. The minimum absolute atomic E-state index is 0.223. The summed E-state index contributed by atoms with van der Waals surface area (Å²) in [6, 6.07) is 1.64. The predicted molar refractivity (Wildman–Crippen MR) is 80.1 cm³/mol. The Morgan fingerprint density at radius 1 is 0.765 bits per heavy atom. The van der Waals surface area contributed by atoms with E-state index in [2.05, 4.69) is 69.4 Å². The van der Waals surface area contributed by atoms with Crippen LogP contribution in [-0.2, 0) is 0 Å². The van der Waals surface area contributed by atoms with E-state index in [0.29, 0.717) is 24.2 Å². The highest BCUT2D eigenvalue weighted by atomic mass is 28.2. The Morgan fingerprint density at radius 3 is 1.41 bits per heavy atom. The van der Waals surface area contributed by atoms with Gasteiger partial charge in [0.15, 0.2) is 0 Å². The lowest BCUT2D eigenvalue weighted by molar-refractivity contribution is 0.144. The predicted octanol–water partition coefficient (Wildman–Crippen LogP) is -0.107. The smallest absolute Gasteiger partial charge is 0.132 e. The molecule has 0 saturated heterocycles. The van der Waals surface area contributed by atoms with Crippen LogP contribution in [-0.4, -0.2) is 40.4 Å². The van der Waals surface area contributed by atoms with Crippen LogP contribution in [0.3, 0.4) is 0 Å². The van der Waals surface area contributed by atoms with Crippen molar-refractivity contribution in [3.63, 3.8) is 0 Å². The fourth-order valence-corrected chi connectivity index (χ4v) is 2.91. The van der Waals surface area contributed by atoms with Crippen LogP contribution in [0, 0.1) is 0 Å². The molecule has 1 unspecified atom stereocenters. The van der Waals surface area contributed by atoms with Crippen LogP contribution < -0.4 is 20.9 Å². The van der Waals surface area contributed by atoms with E-state index in [1.807, 2.05) is 0 Å². The fourth-order valence-electron chi connectivity index (χ4n) is 2.19. The lowest BCUT2D eigenvalue weighted by Gasteiger charge is -2.44. The van der Waals surface area contributed by atoms with Gasteiger partial charge in [-0.25, -0.2) is 0 Å². The minimum Gasteiger partial charge on any atom is -0.316 e. The lowest BCUT2D eigenvalue weighted by atomic mass is 10.1. The molecule has 0 aromatic rings. The fraction of sp³-hybridized carbons (Fsp3) is 1.00. The third kappa shape index (κ3) is 5.97. The van der Waals surface area contributed by atoms with E-state index in [1.54, 1.807) is 0 Å².